The van der Waals surface area contributed by atoms with E-state index in [9.17, 15) is 4.79 Å². The molecule has 0 saturated carbocycles. The molecule has 0 amide bonds. The van der Waals surface area contributed by atoms with Crippen molar-refractivity contribution in [3.8, 4) is 0 Å². The van der Waals surface area contributed by atoms with Crippen molar-refractivity contribution in [2.45, 2.75) is 18.7 Å². The van der Waals surface area contributed by atoms with Gasteiger partial charge in [-0.05, 0) is 0 Å². The average Bonchev–Trinajstić information content (AvgIpc) is 2.26. The van der Waals surface area contributed by atoms with Crippen molar-refractivity contribution in [3.63, 3.8) is 0 Å². The SMILES string of the molecule is COC(=O)C([Se]c1ccccc1)C(C)C. The van der Waals surface area contributed by atoms with E-state index in [2.05, 4.69) is 26.0 Å². The fraction of sp³-hybridized carbons (Fsp3) is 0.417. The van der Waals surface area contributed by atoms with Gasteiger partial charge in [0.25, 0.3) is 0 Å². The summed E-state index contributed by atoms with van der Waals surface area (Å²) in [6.45, 7) is 4.12. The second-order valence-electron chi connectivity index (χ2n) is 3.62. The Labute approximate surface area is 97.2 Å². The summed E-state index contributed by atoms with van der Waals surface area (Å²) in [5.41, 5.74) is 0. The first-order valence-corrected chi connectivity index (χ1v) is 6.79. The summed E-state index contributed by atoms with van der Waals surface area (Å²) < 4.78 is 6.07. The van der Waals surface area contributed by atoms with Gasteiger partial charge < -0.3 is 0 Å². The van der Waals surface area contributed by atoms with Crippen LogP contribution in [0.25, 0.3) is 0 Å². The Hall–Kier alpha value is -0.791. The van der Waals surface area contributed by atoms with Crippen LogP contribution in [0.3, 0.4) is 0 Å². The molecule has 0 saturated heterocycles. The molecule has 1 atom stereocenters. The molecular formula is C12H16O2Se. The molecule has 0 aromatic heterocycles. The molecule has 0 bridgehead atoms. The van der Waals surface area contributed by atoms with Crippen LogP contribution in [0, 0.1) is 5.92 Å². The van der Waals surface area contributed by atoms with Gasteiger partial charge in [0.15, 0.2) is 0 Å². The van der Waals surface area contributed by atoms with E-state index in [-0.39, 0.29) is 25.7 Å². The van der Waals surface area contributed by atoms with Crippen molar-refractivity contribution >= 4 is 25.4 Å². The molecule has 0 aliphatic heterocycles. The Bertz CT molecular complexity index is 309. The number of hydrogen-bond donors (Lipinski definition) is 0. The molecule has 1 aromatic rings. The van der Waals surface area contributed by atoms with Gasteiger partial charge in [-0.2, -0.15) is 0 Å². The zero-order valence-corrected chi connectivity index (χ0v) is 11.0. The third kappa shape index (κ3) is 3.69. The molecule has 15 heavy (non-hydrogen) atoms. The van der Waals surface area contributed by atoms with Gasteiger partial charge in [0.2, 0.25) is 0 Å². The second kappa shape index (κ2) is 5.94. The fourth-order valence-corrected chi connectivity index (χ4v) is 3.47. The predicted molar refractivity (Wildman–Crippen MR) is 62.4 cm³/mol. The van der Waals surface area contributed by atoms with E-state index in [0.29, 0.717) is 5.92 Å². The summed E-state index contributed by atoms with van der Waals surface area (Å²) >= 11 is 0.155. The summed E-state index contributed by atoms with van der Waals surface area (Å²) in [5, 5.41) is 0. The van der Waals surface area contributed by atoms with Crippen molar-refractivity contribution in [2.75, 3.05) is 7.11 Å². The van der Waals surface area contributed by atoms with Gasteiger partial charge in [0, 0.05) is 0 Å². The topological polar surface area (TPSA) is 26.3 Å². The van der Waals surface area contributed by atoms with E-state index in [0.717, 1.165) is 0 Å². The maximum absolute atomic E-state index is 11.6. The molecule has 1 aromatic carbocycles. The zero-order chi connectivity index (χ0) is 11.3. The molecule has 0 radical (unpaired) electrons. The zero-order valence-electron chi connectivity index (χ0n) is 9.27. The summed E-state index contributed by atoms with van der Waals surface area (Å²) in [5.74, 6) is 0.242. The monoisotopic (exact) mass is 272 g/mol. The molecule has 1 unspecified atom stereocenters. The molecule has 0 aliphatic rings. The first kappa shape index (κ1) is 12.3. The van der Waals surface area contributed by atoms with Gasteiger partial charge in [-0.3, -0.25) is 0 Å². The Morgan fingerprint density at radius 3 is 2.33 bits per heavy atom. The van der Waals surface area contributed by atoms with Crippen LogP contribution in [-0.2, 0) is 9.53 Å². The Morgan fingerprint density at radius 2 is 1.87 bits per heavy atom. The number of rotatable bonds is 4. The Balaban J connectivity index is 2.72. The number of hydrogen-bond acceptors (Lipinski definition) is 2. The normalized spacial score (nSPS) is 12.5. The van der Waals surface area contributed by atoms with E-state index in [1.165, 1.54) is 11.6 Å². The van der Waals surface area contributed by atoms with Gasteiger partial charge in [-0.25, -0.2) is 0 Å². The van der Waals surface area contributed by atoms with E-state index in [4.69, 9.17) is 4.74 Å². The van der Waals surface area contributed by atoms with Gasteiger partial charge in [-0.15, -0.1) is 0 Å². The third-order valence-corrected chi connectivity index (χ3v) is 5.27. The number of carbonyl (C=O) groups is 1. The van der Waals surface area contributed by atoms with E-state index < -0.39 is 0 Å². The molecule has 0 N–H and O–H groups in total. The van der Waals surface area contributed by atoms with Crippen LogP contribution < -0.4 is 4.46 Å². The molecular weight excluding hydrogens is 255 g/mol. The second-order valence-corrected chi connectivity index (χ2v) is 6.17. The Kier molecular flexibility index (Phi) is 4.86. The summed E-state index contributed by atoms with van der Waals surface area (Å²) in [6.07, 6.45) is 0. The van der Waals surface area contributed by atoms with Crippen LogP contribution in [-0.4, -0.2) is 28.0 Å². The van der Waals surface area contributed by atoms with Crippen molar-refractivity contribution in [3.05, 3.63) is 30.3 Å². The molecule has 0 spiro atoms. The minimum atomic E-state index is -0.0890. The number of methoxy groups -OCH3 is 1. The molecule has 3 heteroatoms. The molecule has 0 heterocycles. The first-order valence-electron chi connectivity index (χ1n) is 4.94. The minimum absolute atomic E-state index is 0.0184. The van der Waals surface area contributed by atoms with Crippen LogP contribution in [0.2, 0.25) is 4.82 Å². The van der Waals surface area contributed by atoms with Crippen LogP contribution in [0.1, 0.15) is 13.8 Å². The van der Waals surface area contributed by atoms with Gasteiger partial charge in [0.05, 0.1) is 0 Å². The summed E-state index contributed by atoms with van der Waals surface area (Å²) in [7, 11) is 1.46. The third-order valence-electron chi connectivity index (χ3n) is 2.05. The number of carbonyl (C=O) groups excluding carboxylic acids is 1. The van der Waals surface area contributed by atoms with E-state index in [1.807, 2.05) is 18.2 Å². The van der Waals surface area contributed by atoms with Crippen molar-refractivity contribution in [1.29, 1.82) is 0 Å². The molecule has 82 valence electrons. The van der Waals surface area contributed by atoms with Crippen LogP contribution in [0.15, 0.2) is 30.3 Å². The van der Waals surface area contributed by atoms with E-state index in [1.54, 1.807) is 0 Å². The van der Waals surface area contributed by atoms with Gasteiger partial charge in [0.1, 0.15) is 0 Å². The average molecular weight is 271 g/mol. The van der Waals surface area contributed by atoms with Crippen LogP contribution in [0.5, 0.6) is 0 Å². The first-order chi connectivity index (χ1) is 7.15. The summed E-state index contributed by atoms with van der Waals surface area (Å²) in [4.78, 5) is 11.6. The number of ether oxygens (including phenoxy) is 1. The molecule has 2 nitrogen and oxygen atoms in total. The molecule has 0 aliphatic carbocycles. The number of benzene rings is 1. The van der Waals surface area contributed by atoms with Gasteiger partial charge >= 0.3 is 96.9 Å². The Morgan fingerprint density at radius 1 is 1.27 bits per heavy atom. The van der Waals surface area contributed by atoms with Crippen molar-refractivity contribution in [2.24, 2.45) is 5.92 Å². The van der Waals surface area contributed by atoms with E-state index >= 15 is 0 Å². The maximum atomic E-state index is 11.6. The molecule has 1 rings (SSSR count). The van der Waals surface area contributed by atoms with Crippen molar-refractivity contribution in [1.82, 2.24) is 0 Å². The quantitative estimate of drug-likeness (QED) is 0.614. The predicted octanol–water partition coefficient (Wildman–Crippen LogP) is 1.63. The standard InChI is InChI=1S/C12H16O2Se/c1-9(2)11(12(13)14-3)15-10-7-5-4-6-8-10/h4-9,11H,1-3H3. The fourth-order valence-electron chi connectivity index (χ4n) is 1.22. The van der Waals surface area contributed by atoms with Crippen LogP contribution in [0.4, 0.5) is 0 Å². The summed E-state index contributed by atoms with van der Waals surface area (Å²) in [6, 6.07) is 10.1. The van der Waals surface area contributed by atoms with Crippen molar-refractivity contribution < 1.29 is 9.53 Å². The van der Waals surface area contributed by atoms with Gasteiger partial charge in [-0.1, -0.05) is 0 Å². The number of esters is 1. The van der Waals surface area contributed by atoms with Crippen LogP contribution >= 0.6 is 0 Å². The molecule has 0 fully saturated rings.